The maximum Gasteiger partial charge on any atom is -0.00357 e. The Kier molecular flexibility index (Phi) is 10.6. The molecule has 7 atom stereocenters. The van der Waals surface area contributed by atoms with Gasteiger partial charge in [0.1, 0.15) is 0 Å². The SMILES string of the molecule is C=C(C)CC(C)(C)CC(=C)CCC1CC(CC2CC3(C)CCC(C)(C2)C3(C)/C=C\C=C(/C)C(=C)C)C(C)C(C)C1C. The van der Waals surface area contributed by atoms with E-state index in [1.807, 2.05) is 0 Å². The number of fused-ring (bicyclic) bond motifs is 2. The molecule has 0 spiro atoms. The summed E-state index contributed by atoms with van der Waals surface area (Å²) in [6, 6.07) is 0. The second kappa shape index (κ2) is 12.7. The van der Waals surface area contributed by atoms with Gasteiger partial charge in [-0.05, 0) is 148 Å². The van der Waals surface area contributed by atoms with E-state index in [-0.39, 0.29) is 10.8 Å². The maximum atomic E-state index is 4.55. The number of rotatable bonds is 12. The fourth-order valence-electron chi connectivity index (χ4n) is 10.2. The Morgan fingerprint density at radius 3 is 1.93 bits per heavy atom. The lowest BCUT2D eigenvalue weighted by Gasteiger charge is -2.56. The molecule has 0 saturated heterocycles. The third kappa shape index (κ3) is 7.44. The second-order valence-electron chi connectivity index (χ2n) is 17.4. The van der Waals surface area contributed by atoms with E-state index in [1.165, 1.54) is 73.7 Å². The molecule has 0 aliphatic heterocycles. The number of allylic oxidation sites excluding steroid dienone is 7. The van der Waals surface area contributed by atoms with E-state index in [0.29, 0.717) is 10.8 Å². The molecule has 41 heavy (non-hydrogen) atoms. The Labute approximate surface area is 257 Å². The van der Waals surface area contributed by atoms with E-state index < -0.39 is 0 Å². The standard InChI is InChI=1S/C41H68/c1-28(2)24-38(10,11)25-30(5)17-18-36-23-37(34(9)32(7)33(36)8)22-35-26-39(12)20-21-40(13,27-35)41(39,14)19-15-16-31(6)29(3)4/h15-16,19,32-37H,1,3,5,17-18,20-27H2,2,4,6-14H3/b19-15-,31-16+. The van der Waals surface area contributed by atoms with Crippen LogP contribution in [0.1, 0.15) is 140 Å². The van der Waals surface area contributed by atoms with Crippen LogP contribution in [0.2, 0.25) is 0 Å². The Balaban J connectivity index is 1.67. The van der Waals surface area contributed by atoms with Crippen molar-refractivity contribution < 1.29 is 0 Å². The smallest absolute Gasteiger partial charge is 0.00357 e. The molecular weight excluding hydrogens is 492 g/mol. The summed E-state index contributed by atoms with van der Waals surface area (Å²) in [6.07, 6.45) is 20.4. The van der Waals surface area contributed by atoms with Gasteiger partial charge in [-0.15, -0.1) is 6.58 Å². The van der Waals surface area contributed by atoms with Gasteiger partial charge in [-0.2, -0.15) is 0 Å². The van der Waals surface area contributed by atoms with Crippen molar-refractivity contribution in [3.8, 4) is 0 Å². The molecule has 0 amide bonds. The highest BCUT2D eigenvalue weighted by atomic mass is 14.7. The van der Waals surface area contributed by atoms with Crippen molar-refractivity contribution in [3.63, 3.8) is 0 Å². The normalized spacial score (nSPS) is 39.7. The van der Waals surface area contributed by atoms with E-state index in [9.17, 15) is 0 Å². The highest BCUT2D eigenvalue weighted by molar-refractivity contribution is 5.30. The van der Waals surface area contributed by atoms with Crippen LogP contribution in [0, 0.1) is 57.2 Å². The van der Waals surface area contributed by atoms with Crippen molar-refractivity contribution in [1.29, 1.82) is 0 Å². The molecule has 232 valence electrons. The van der Waals surface area contributed by atoms with Gasteiger partial charge in [0.25, 0.3) is 0 Å². The molecule has 3 aliphatic carbocycles. The zero-order valence-corrected chi connectivity index (χ0v) is 29.4. The zero-order chi connectivity index (χ0) is 31.0. The number of hydrogen-bond donors (Lipinski definition) is 0. The van der Waals surface area contributed by atoms with E-state index in [1.54, 1.807) is 0 Å². The molecular formula is C41H68. The van der Waals surface area contributed by atoms with Gasteiger partial charge in [0.2, 0.25) is 0 Å². The molecule has 3 rings (SSSR count). The van der Waals surface area contributed by atoms with Crippen molar-refractivity contribution >= 4 is 0 Å². The van der Waals surface area contributed by atoms with Crippen LogP contribution < -0.4 is 0 Å². The van der Waals surface area contributed by atoms with Crippen molar-refractivity contribution in [2.24, 2.45) is 57.2 Å². The van der Waals surface area contributed by atoms with Crippen LogP contribution >= 0.6 is 0 Å². The van der Waals surface area contributed by atoms with Crippen LogP contribution in [-0.4, -0.2) is 0 Å². The van der Waals surface area contributed by atoms with Gasteiger partial charge < -0.3 is 0 Å². The first-order chi connectivity index (χ1) is 18.8. The van der Waals surface area contributed by atoms with Gasteiger partial charge in [-0.25, -0.2) is 0 Å². The molecule has 0 heterocycles. The topological polar surface area (TPSA) is 0 Å². The first-order valence-corrected chi connectivity index (χ1v) is 17.2. The Hall–Kier alpha value is -1.30. The Morgan fingerprint density at radius 2 is 1.39 bits per heavy atom. The minimum Gasteiger partial charge on any atom is -0.100 e. The molecule has 3 saturated carbocycles. The second-order valence-corrected chi connectivity index (χ2v) is 17.4. The summed E-state index contributed by atoms with van der Waals surface area (Å²) in [5.74, 6) is 5.05. The lowest BCUT2D eigenvalue weighted by atomic mass is 9.48. The van der Waals surface area contributed by atoms with Gasteiger partial charge in [0, 0.05) is 0 Å². The third-order valence-electron chi connectivity index (χ3n) is 13.4. The van der Waals surface area contributed by atoms with E-state index in [2.05, 4.69) is 114 Å². The van der Waals surface area contributed by atoms with E-state index >= 15 is 0 Å². The van der Waals surface area contributed by atoms with Gasteiger partial charge >= 0.3 is 0 Å². The fourth-order valence-corrected chi connectivity index (χ4v) is 10.2. The first-order valence-electron chi connectivity index (χ1n) is 17.2. The van der Waals surface area contributed by atoms with Gasteiger partial charge in [0.05, 0.1) is 0 Å². The van der Waals surface area contributed by atoms with Crippen molar-refractivity contribution in [1.82, 2.24) is 0 Å². The summed E-state index contributed by atoms with van der Waals surface area (Å²) >= 11 is 0. The monoisotopic (exact) mass is 561 g/mol. The van der Waals surface area contributed by atoms with Crippen molar-refractivity contribution in [2.75, 3.05) is 0 Å². The molecule has 7 unspecified atom stereocenters. The molecule has 0 aromatic carbocycles. The lowest BCUT2D eigenvalue weighted by molar-refractivity contribution is -0.0426. The Morgan fingerprint density at radius 1 is 0.829 bits per heavy atom. The molecule has 0 nitrogen and oxygen atoms in total. The molecule has 3 fully saturated rings. The van der Waals surface area contributed by atoms with Crippen LogP contribution in [0.3, 0.4) is 0 Å². The van der Waals surface area contributed by atoms with Crippen LogP contribution in [0.4, 0.5) is 0 Å². The molecule has 0 aromatic rings. The predicted molar refractivity (Wildman–Crippen MR) is 184 cm³/mol. The van der Waals surface area contributed by atoms with Gasteiger partial charge in [-0.3, -0.25) is 0 Å². The quantitative estimate of drug-likeness (QED) is 0.164. The van der Waals surface area contributed by atoms with Crippen molar-refractivity contribution in [2.45, 2.75) is 140 Å². The molecule has 2 bridgehead atoms. The highest BCUT2D eigenvalue weighted by Crippen LogP contribution is 2.72. The van der Waals surface area contributed by atoms with Crippen LogP contribution in [0.25, 0.3) is 0 Å². The zero-order valence-electron chi connectivity index (χ0n) is 29.4. The summed E-state index contributed by atoms with van der Waals surface area (Å²) in [4.78, 5) is 0. The van der Waals surface area contributed by atoms with Crippen molar-refractivity contribution in [3.05, 3.63) is 60.3 Å². The molecule has 0 N–H and O–H groups in total. The third-order valence-corrected chi connectivity index (χ3v) is 13.4. The minimum atomic E-state index is 0.267. The van der Waals surface area contributed by atoms with Crippen LogP contribution in [0.15, 0.2) is 60.3 Å². The summed E-state index contributed by atoms with van der Waals surface area (Å²) in [6.45, 7) is 39.6. The average molecular weight is 561 g/mol. The molecule has 0 aromatic heterocycles. The molecule has 3 aliphatic rings. The molecule has 0 heteroatoms. The summed E-state index contributed by atoms with van der Waals surface area (Å²) in [5, 5.41) is 0. The lowest BCUT2D eigenvalue weighted by Crippen LogP contribution is -2.48. The van der Waals surface area contributed by atoms with E-state index in [0.717, 1.165) is 48.3 Å². The average Bonchev–Trinajstić information content (AvgIpc) is 2.94. The summed E-state index contributed by atoms with van der Waals surface area (Å²) < 4.78 is 0. The van der Waals surface area contributed by atoms with Gasteiger partial charge in [0.15, 0.2) is 0 Å². The largest absolute Gasteiger partial charge is 0.100 e. The minimum absolute atomic E-state index is 0.267. The highest BCUT2D eigenvalue weighted by Gasteiger charge is 2.63. The van der Waals surface area contributed by atoms with E-state index in [4.69, 9.17) is 0 Å². The van der Waals surface area contributed by atoms with Crippen LogP contribution in [0.5, 0.6) is 0 Å². The maximum absolute atomic E-state index is 4.55. The Bertz CT molecular complexity index is 1010. The van der Waals surface area contributed by atoms with Gasteiger partial charge in [-0.1, -0.05) is 103 Å². The first kappa shape index (κ1) is 34.2. The van der Waals surface area contributed by atoms with Crippen LogP contribution in [-0.2, 0) is 0 Å². The fraction of sp³-hybridized carbons (Fsp3) is 0.756. The predicted octanol–water partition coefficient (Wildman–Crippen LogP) is 12.9. The summed E-state index contributed by atoms with van der Waals surface area (Å²) in [5.41, 5.74) is 6.56. The number of hydrogen-bond acceptors (Lipinski definition) is 0. The summed E-state index contributed by atoms with van der Waals surface area (Å²) in [7, 11) is 0. The molecule has 0 radical (unpaired) electrons.